The lowest BCUT2D eigenvalue weighted by molar-refractivity contribution is -0.119. The smallest absolute Gasteiger partial charge is 0.249 e. The van der Waals surface area contributed by atoms with Crippen molar-refractivity contribution in [3.63, 3.8) is 0 Å². The summed E-state index contributed by atoms with van der Waals surface area (Å²) in [7, 11) is 0. The van der Waals surface area contributed by atoms with Gasteiger partial charge in [0.05, 0.1) is 0 Å². The van der Waals surface area contributed by atoms with E-state index in [1.807, 2.05) is 29.1 Å². The first-order chi connectivity index (χ1) is 11.8. The number of hydrogen-bond acceptors (Lipinski definition) is 4. The van der Waals surface area contributed by atoms with Crippen LogP contribution in [0.3, 0.4) is 0 Å². The highest BCUT2D eigenvalue weighted by atomic mass is 32.2. The van der Waals surface area contributed by atoms with Gasteiger partial charge in [-0.15, -0.1) is 5.10 Å². The summed E-state index contributed by atoms with van der Waals surface area (Å²) in [5.74, 6) is 2.62. The molecule has 1 amide bonds. The summed E-state index contributed by atoms with van der Waals surface area (Å²) >= 11 is 1.74. The second kappa shape index (κ2) is 8.37. The van der Waals surface area contributed by atoms with Crippen LogP contribution >= 0.6 is 11.8 Å². The lowest BCUT2D eigenvalue weighted by Gasteiger charge is -2.18. The fourth-order valence-electron chi connectivity index (χ4n) is 3.28. The number of anilines is 1. The van der Waals surface area contributed by atoms with Gasteiger partial charge in [-0.3, -0.25) is 15.2 Å². The third-order valence-corrected chi connectivity index (χ3v) is 5.26. The molecular weight excluding hydrogens is 322 g/mol. The van der Waals surface area contributed by atoms with Crippen molar-refractivity contribution < 1.29 is 4.79 Å². The largest absolute Gasteiger partial charge is 0.342 e. The van der Waals surface area contributed by atoms with Crippen LogP contribution in [0.5, 0.6) is 0 Å². The third-order valence-electron chi connectivity index (χ3n) is 4.62. The van der Waals surface area contributed by atoms with Crippen LogP contribution in [-0.4, -0.2) is 37.7 Å². The molecule has 1 aliphatic carbocycles. The average Bonchev–Trinajstić information content (AvgIpc) is 3.28. The predicted molar refractivity (Wildman–Crippen MR) is 97.3 cm³/mol. The Morgan fingerprint density at radius 1 is 1.38 bits per heavy atom. The second-order valence-electron chi connectivity index (χ2n) is 6.30. The van der Waals surface area contributed by atoms with Crippen molar-refractivity contribution in [2.24, 2.45) is 0 Å². The normalized spacial score (nSPS) is 16.9. The van der Waals surface area contributed by atoms with E-state index in [0.717, 1.165) is 30.8 Å². The van der Waals surface area contributed by atoms with Crippen LogP contribution < -0.4 is 5.32 Å². The lowest BCUT2D eigenvalue weighted by Crippen LogP contribution is -2.26. The Hall–Kier alpha value is -1.76. The number of aromatic amines is 1. The highest BCUT2D eigenvalue weighted by Crippen LogP contribution is 2.30. The van der Waals surface area contributed by atoms with E-state index in [4.69, 9.17) is 0 Å². The molecule has 2 aromatic heterocycles. The van der Waals surface area contributed by atoms with E-state index >= 15 is 0 Å². The van der Waals surface area contributed by atoms with Gasteiger partial charge in [-0.2, -0.15) is 16.7 Å². The van der Waals surface area contributed by atoms with Crippen LogP contribution in [0, 0.1) is 0 Å². The summed E-state index contributed by atoms with van der Waals surface area (Å²) in [6, 6.07) is 3.64. The van der Waals surface area contributed by atoms with Crippen molar-refractivity contribution in [2.45, 2.75) is 50.5 Å². The number of rotatable bonds is 7. The van der Waals surface area contributed by atoms with Crippen molar-refractivity contribution in [1.82, 2.24) is 19.7 Å². The number of nitrogens with zero attached hydrogens (tertiary/aromatic N) is 3. The van der Waals surface area contributed by atoms with Crippen LogP contribution in [0.15, 0.2) is 24.5 Å². The van der Waals surface area contributed by atoms with Crippen LogP contribution in [0.1, 0.15) is 56.3 Å². The lowest BCUT2D eigenvalue weighted by atomic mass is 9.89. The van der Waals surface area contributed by atoms with Crippen molar-refractivity contribution in [3.8, 4) is 0 Å². The number of thioether (sulfide) groups is 1. The highest BCUT2D eigenvalue weighted by Gasteiger charge is 2.23. The SMILES string of the molecule is CSCC[C@@H](C(=O)Nc1n[nH]c(C2CCCCC2)n1)n1cccc1. The molecule has 0 aromatic carbocycles. The molecule has 1 atom stereocenters. The van der Waals surface area contributed by atoms with Gasteiger partial charge < -0.3 is 4.57 Å². The summed E-state index contributed by atoms with van der Waals surface area (Å²) in [5, 5.41) is 10.1. The van der Waals surface area contributed by atoms with Gasteiger partial charge in [0.15, 0.2) is 0 Å². The molecule has 0 radical (unpaired) electrons. The maximum atomic E-state index is 12.7. The fourth-order valence-corrected chi connectivity index (χ4v) is 3.74. The van der Waals surface area contributed by atoms with E-state index in [2.05, 4.69) is 26.8 Å². The van der Waals surface area contributed by atoms with E-state index < -0.39 is 0 Å². The molecule has 24 heavy (non-hydrogen) atoms. The zero-order valence-electron chi connectivity index (χ0n) is 14.1. The molecule has 0 aliphatic heterocycles. The Kier molecular flexibility index (Phi) is 5.96. The standard InChI is InChI=1S/C17H25N5OS/c1-24-12-9-14(22-10-5-6-11-22)16(23)19-17-18-15(20-21-17)13-7-3-2-4-8-13/h5-6,10-11,13-14H,2-4,7-9,12H2,1H3,(H2,18,19,20,21,23)/t14-/m0/s1. The Morgan fingerprint density at radius 3 is 2.83 bits per heavy atom. The molecule has 7 heteroatoms. The molecule has 2 N–H and O–H groups in total. The van der Waals surface area contributed by atoms with Gasteiger partial charge in [0.1, 0.15) is 11.9 Å². The summed E-state index contributed by atoms with van der Waals surface area (Å²) in [6.07, 6.45) is 12.8. The Morgan fingerprint density at radius 2 is 2.12 bits per heavy atom. The Balaban J connectivity index is 1.65. The van der Waals surface area contributed by atoms with E-state index in [1.54, 1.807) is 11.8 Å². The second-order valence-corrected chi connectivity index (χ2v) is 7.28. The van der Waals surface area contributed by atoms with E-state index in [1.165, 1.54) is 19.3 Å². The number of nitrogens with one attached hydrogen (secondary N) is 2. The summed E-state index contributed by atoms with van der Waals surface area (Å²) in [6.45, 7) is 0. The number of amides is 1. The Labute approximate surface area is 146 Å². The summed E-state index contributed by atoms with van der Waals surface area (Å²) in [4.78, 5) is 17.2. The quantitative estimate of drug-likeness (QED) is 0.802. The molecule has 2 aromatic rings. The minimum atomic E-state index is -0.232. The maximum absolute atomic E-state index is 12.7. The zero-order chi connectivity index (χ0) is 16.8. The monoisotopic (exact) mass is 347 g/mol. The third kappa shape index (κ3) is 4.20. The van der Waals surface area contributed by atoms with Gasteiger partial charge in [0.2, 0.25) is 11.9 Å². The van der Waals surface area contributed by atoms with Crippen LogP contribution in [0.4, 0.5) is 5.95 Å². The van der Waals surface area contributed by atoms with E-state index in [9.17, 15) is 4.79 Å². The molecule has 0 bridgehead atoms. The molecule has 0 saturated heterocycles. The number of hydrogen-bond donors (Lipinski definition) is 2. The molecule has 1 saturated carbocycles. The topological polar surface area (TPSA) is 75.6 Å². The van der Waals surface area contributed by atoms with Crippen molar-refractivity contribution in [3.05, 3.63) is 30.4 Å². The van der Waals surface area contributed by atoms with Gasteiger partial charge in [-0.1, -0.05) is 19.3 Å². The van der Waals surface area contributed by atoms with Crippen molar-refractivity contribution >= 4 is 23.6 Å². The van der Waals surface area contributed by atoms with Crippen LogP contribution in [0.2, 0.25) is 0 Å². The molecule has 1 fully saturated rings. The van der Waals surface area contributed by atoms with Crippen molar-refractivity contribution in [1.29, 1.82) is 0 Å². The molecule has 0 spiro atoms. The first kappa shape index (κ1) is 17.1. The molecular formula is C17H25N5OS. The van der Waals surface area contributed by atoms with Gasteiger partial charge in [0.25, 0.3) is 0 Å². The van der Waals surface area contributed by atoms with Crippen molar-refractivity contribution in [2.75, 3.05) is 17.3 Å². The Bertz CT molecular complexity index is 633. The minimum absolute atomic E-state index is 0.0607. The number of carbonyl (C=O) groups is 1. The molecule has 3 rings (SSSR count). The first-order valence-corrected chi connectivity index (χ1v) is 10.0. The van der Waals surface area contributed by atoms with Gasteiger partial charge >= 0.3 is 0 Å². The highest BCUT2D eigenvalue weighted by molar-refractivity contribution is 7.98. The van der Waals surface area contributed by atoms with Gasteiger partial charge in [0, 0.05) is 18.3 Å². The van der Waals surface area contributed by atoms with Gasteiger partial charge in [-0.25, -0.2) is 0 Å². The van der Waals surface area contributed by atoms with Crippen LogP contribution in [0.25, 0.3) is 0 Å². The van der Waals surface area contributed by atoms with Crippen LogP contribution in [-0.2, 0) is 4.79 Å². The molecule has 130 valence electrons. The minimum Gasteiger partial charge on any atom is -0.342 e. The van der Waals surface area contributed by atoms with E-state index in [0.29, 0.717) is 11.9 Å². The molecule has 2 heterocycles. The number of H-pyrrole nitrogens is 1. The summed E-state index contributed by atoms with van der Waals surface area (Å²) in [5.41, 5.74) is 0. The average molecular weight is 347 g/mol. The van der Waals surface area contributed by atoms with E-state index in [-0.39, 0.29) is 11.9 Å². The van der Waals surface area contributed by atoms with Gasteiger partial charge in [-0.05, 0) is 43.4 Å². The first-order valence-electron chi connectivity index (χ1n) is 8.62. The number of aromatic nitrogens is 4. The molecule has 0 unspecified atom stereocenters. The fraction of sp³-hybridized carbons (Fsp3) is 0.588. The zero-order valence-corrected chi connectivity index (χ0v) is 14.9. The number of carbonyl (C=O) groups excluding carboxylic acids is 1. The predicted octanol–water partition coefficient (Wildman–Crippen LogP) is 3.59. The summed E-state index contributed by atoms with van der Waals surface area (Å²) < 4.78 is 1.94. The molecule has 1 aliphatic rings. The maximum Gasteiger partial charge on any atom is 0.249 e. The molecule has 6 nitrogen and oxygen atoms in total.